The first-order valence-corrected chi connectivity index (χ1v) is 10.2. The highest BCUT2D eigenvalue weighted by atomic mass is 32.2. The molecule has 24 heavy (non-hydrogen) atoms. The summed E-state index contributed by atoms with van der Waals surface area (Å²) in [6.45, 7) is 4.10. The summed E-state index contributed by atoms with van der Waals surface area (Å²) in [6.07, 6.45) is 0. The fourth-order valence-corrected chi connectivity index (χ4v) is 4.40. The van der Waals surface area contributed by atoms with Crippen LogP contribution in [0.1, 0.15) is 4.88 Å². The summed E-state index contributed by atoms with van der Waals surface area (Å²) in [5, 5.41) is 5.16. The van der Waals surface area contributed by atoms with Crippen LogP contribution >= 0.6 is 23.1 Å². The number of hydrogen-bond donors (Lipinski definition) is 1. The molecule has 128 valence electrons. The first-order valence-electron chi connectivity index (χ1n) is 8.15. The van der Waals surface area contributed by atoms with Crippen LogP contribution in [0.5, 0.6) is 0 Å². The van der Waals surface area contributed by atoms with E-state index in [9.17, 15) is 4.79 Å². The molecule has 0 radical (unpaired) electrons. The van der Waals surface area contributed by atoms with E-state index in [1.807, 2.05) is 24.3 Å². The predicted molar refractivity (Wildman–Crippen MR) is 105 cm³/mol. The molecule has 0 spiro atoms. The van der Waals surface area contributed by atoms with Crippen LogP contribution in [-0.2, 0) is 10.5 Å². The van der Waals surface area contributed by atoms with E-state index in [2.05, 4.69) is 39.7 Å². The van der Waals surface area contributed by atoms with Gasteiger partial charge in [-0.3, -0.25) is 4.79 Å². The summed E-state index contributed by atoms with van der Waals surface area (Å²) in [6, 6.07) is 12.3. The smallest absolute Gasteiger partial charge is 0.234 e. The van der Waals surface area contributed by atoms with Crippen molar-refractivity contribution in [1.82, 2.24) is 4.90 Å². The lowest BCUT2D eigenvalue weighted by Crippen LogP contribution is -2.44. The molecule has 1 aliphatic heterocycles. The number of likely N-dealkylation sites (N-methyl/N-ethyl adjacent to an activating group) is 1. The van der Waals surface area contributed by atoms with Crippen molar-refractivity contribution in [2.24, 2.45) is 0 Å². The Morgan fingerprint density at radius 2 is 1.96 bits per heavy atom. The summed E-state index contributed by atoms with van der Waals surface area (Å²) in [5.41, 5.74) is 2.05. The summed E-state index contributed by atoms with van der Waals surface area (Å²) in [5.74, 6) is 1.44. The number of thiophene rings is 1. The van der Waals surface area contributed by atoms with Gasteiger partial charge >= 0.3 is 0 Å². The van der Waals surface area contributed by atoms with E-state index in [0.29, 0.717) is 5.75 Å². The molecule has 2 aromatic rings. The molecule has 0 saturated carbocycles. The average molecular weight is 362 g/mol. The van der Waals surface area contributed by atoms with E-state index >= 15 is 0 Å². The molecule has 1 aliphatic rings. The molecular formula is C18H23N3OS2. The summed E-state index contributed by atoms with van der Waals surface area (Å²) >= 11 is 3.39. The van der Waals surface area contributed by atoms with Crippen molar-refractivity contribution < 1.29 is 4.79 Å². The van der Waals surface area contributed by atoms with Gasteiger partial charge in [-0.25, -0.2) is 0 Å². The minimum Gasteiger partial charge on any atom is -0.367 e. The Hall–Kier alpha value is -1.50. The molecule has 1 aromatic heterocycles. The van der Waals surface area contributed by atoms with Crippen molar-refractivity contribution in [3.05, 3.63) is 46.7 Å². The van der Waals surface area contributed by atoms with E-state index < -0.39 is 0 Å². The van der Waals surface area contributed by atoms with Crippen molar-refractivity contribution in [2.75, 3.05) is 49.2 Å². The lowest BCUT2D eigenvalue weighted by Gasteiger charge is -2.35. The number of carbonyl (C=O) groups is 1. The van der Waals surface area contributed by atoms with Gasteiger partial charge in [0, 0.05) is 36.8 Å². The van der Waals surface area contributed by atoms with Crippen molar-refractivity contribution in [3.8, 4) is 0 Å². The van der Waals surface area contributed by atoms with Crippen LogP contribution < -0.4 is 10.2 Å². The van der Waals surface area contributed by atoms with Gasteiger partial charge in [0.25, 0.3) is 0 Å². The number of rotatable bonds is 6. The number of carbonyl (C=O) groups excluding carboxylic acids is 1. The molecule has 0 bridgehead atoms. The highest BCUT2D eigenvalue weighted by Gasteiger charge is 2.17. The van der Waals surface area contributed by atoms with Crippen LogP contribution in [0, 0.1) is 0 Å². The first-order chi connectivity index (χ1) is 11.7. The topological polar surface area (TPSA) is 35.6 Å². The van der Waals surface area contributed by atoms with Crippen molar-refractivity contribution in [1.29, 1.82) is 0 Å². The van der Waals surface area contributed by atoms with Gasteiger partial charge < -0.3 is 15.1 Å². The van der Waals surface area contributed by atoms with Crippen LogP contribution in [0.4, 0.5) is 11.4 Å². The van der Waals surface area contributed by atoms with Crippen molar-refractivity contribution in [3.63, 3.8) is 0 Å². The predicted octanol–water partition coefficient (Wildman–Crippen LogP) is 3.37. The van der Waals surface area contributed by atoms with Crippen LogP contribution in [0.2, 0.25) is 0 Å². The fourth-order valence-electron chi connectivity index (χ4n) is 2.73. The number of nitrogens with zero attached hydrogens (tertiary/aromatic N) is 2. The van der Waals surface area contributed by atoms with Gasteiger partial charge in [-0.05, 0) is 30.6 Å². The molecule has 2 heterocycles. The van der Waals surface area contributed by atoms with E-state index in [4.69, 9.17) is 0 Å². The van der Waals surface area contributed by atoms with Gasteiger partial charge in [0.15, 0.2) is 0 Å². The lowest BCUT2D eigenvalue weighted by atomic mass is 10.2. The molecule has 0 aliphatic carbocycles. The lowest BCUT2D eigenvalue weighted by molar-refractivity contribution is -0.113. The SMILES string of the molecule is CN1CCN(c2ccccc2NC(=O)CSCc2cccs2)CC1. The monoisotopic (exact) mass is 361 g/mol. The highest BCUT2D eigenvalue weighted by Crippen LogP contribution is 2.27. The third-order valence-corrected chi connectivity index (χ3v) is 6.12. The second-order valence-corrected chi connectivity index (χ2v) is 7.95. The minimum atomic E-state index is 0.0677. The quantitative estimate of drug-likeness (QED) is 0.856. The largest absolute Gasteiger partial charge is 0.367 e. The zero-order valence-electron chi connectivity index (χ0n) is 13.9. The van der Waals surface area contributed by atoms with Gasteiger partial charge in [0.05, 0.1) is 17.1 Å². The molecule has 0 unspecified atom stereocenters. The van der Waals surface area contributed by atoms with Crippen LogP contribution in [-0.4, -0.2) is 49.8 Å². The van der Waals surface area contributed by atoms with E-state index in [-0.39, 0.29) is 5.91 Å². The second kappa shape index (κ2) is 8.55. The van der Waals surface area contributed by atoms with E-state index in [1.54, 1.807) is 23.1 Å². The minimum absolute atomic E-state index is 0.0677. The van der Waals surface area contributed by atoms with Crippen molar-refractivity contribution in [2.45, 2.75) is 5.75 Å². The Morgan fingerprint density at radius 1 is 1.17 bits per heavy atom. The number of piperazine rings is 1. The van der Waals surface area contributed by atoms with Crippen LogP contribution in [0.15, 0.2) is 41.8 Å². The van der Waals surface area contributed by atoms with E-state index in [1.165, 1.54) is 4.88 Å². The van der Waals surface area contributed by atoms with Crippen LogP contribution in [0.25, 0.3) is 0 Å². The second-order valence-electron chi connectivity index (χ2n) is 5.93. The molecule has 4 nitrogen and oxygen atoms in total. The highest BCUT2D eigenvalue weighted by molar-refractivity contribution is 7.99. The molecule has 1 saturated heterocycles. The zero-order valence-corrected chi connectivity index (χ0v) is 15.5. The Kier molecular flexibility index (Phi) is 6.18. The van der Waals surface area contributed by atoms with Crippen LogP contribution in [0.3, 0.4) is 0 Å². The molecule has 6 heteroatoms. The maximum absolute atomic E-state index is 12.3. The van der Waals surface area contributed by atoms with Gasteiger partial charge in [0.1, 0.15) is 0 Å². The van der Waals surface area contributed by atoms with Crippen molar-refractivity contribution >= 4 is 40.4 Å². The third kappa shape index (κ3) is 4.75. The Balaban J connectivity index is 1.55. The fraction of sp³-hybridized carbons (Fsp3) is 0.389. The number of para-hydroxylation sites is 2. The number of nitrogens with one attached hydrogen (secondary N) is 1. The molecule has 1 aromatic carbocycles. The Labute approximate surface area is 151 Å². The number of hydrogen-bond acceptors (Lipinski definition) is 5. The molecule has 1 N–H and O–H groups in total. The molecule has 1 fully saturated rings. The van der Waals surface area contributed by atoms with Gasteiger partial charge in [-0.15, -0.1) is 23.1 Å². The molecule has 3 rings (SSSR count). The summed E-state index contributed by atoms with van der Waals surface area (Å²) in [7, 11) is 2.15. The normalized spacial score (nSPS) is 15.5. The number of amides is 1. The van der Waals surface area contributed by atoms with E-state index in [0.717, 1.165) is 43.3 Å². The molecule has 0 atom stereocenters. The number of benzene rings is 1. The molecule has 1 amide bonds. The Bertz CT molecular complexity index is 652. The maximum atomic E-state index is 12.3. The maximum Gasteiger partial charge on any atom is 0.234 e. The number of anilines is 2. The standard InChI is InChI=1S/C18H23N3OS2/c1-20-8-10-21(11-9-20)17-7-3-2-6-16(17)19-18(22)14-23-13-15-5-4-12-24-15/h2-7,12H,8-11,13-14H2,1H3,(H,19,22). The van der Waals surface area contributed by atoms with Gasteiger partial charge in [-0.2, -0.15) is 0 Å². The zero-order chi connectivity index (χ0) is 16.8. The average Bonchev–Trinajstić information content (AvgIpc) is 3.10. The number of thioether (sulfide) groups is 1. The molecular weight excluding hydrogens is 338 g/mol. The third-order valence-electron chi connectivity index (χ3n) is 4.08. The summed E-state index contributed by atoms with van der Waals surface area (Å²) in [4.78, 5) is 18.3. The first kappa shape index (κ1) is 17.3. The Morgan fingerprint density at radius 3 is 2.71 bits per heavy atom. The van der Waals surface area contributed by atoms with Gasteiger partial charge in [-0.1, -0.05) is 18.2 Å². The van der Waals surface area contributed by atoms with Gasteiger partial charge in [0.2, 0.25) is 5.91 Å². The summed E-state index contributed by atoms with van der Waals surface area (Å²) < 4.78 is 0.